The van der Waals surface area contributed by atoms with Crippen molar-refractivity contribution in [2.75, 3.05) is 13.2 Å². The normalized spacial score (nSPS) is 10.9. The first-order chi connectivity index (χ1) is 14.2. The molecule has 2 rings (SSSR count). The van der Waals surface area contributed by atoms with Crippen LogP contribution in [0, 0.1) is 0 Å². The number of halogens is 3. The molecule has 10 heteroatoms. The third kappa shape index (κ3) is 8.10. The number of nitrogens with zero attached hydrogens (tertiary/aromatic N) is 1. The summed E-state index contributed by atoms with van der Waals surface area (Å²) in [7, 11) is 0. The van der Waals surface area contributed by atoms with Crippen LogP contribution in [0.25, 0.3) is 0 Å². The van der Waals surface area contributed by atoms with Crippen LogP contribution in [0.15, 0.2) is 41.5 Å². The van der Waals surface area contributed by atoms with E-state index in [4.69, 9.17) is 49.0 Å². The molecule has 0 atom stereocenters. The summed E-state index contributed by atoms with van der Waals surface area (Å²) in [4.78, 5) is 23.3. The number of hydrogen-bond acceptors (Lipinski definition) is 6. The van der Waals surface area contributed by atoms with E-state index in [0.717, 1.165) is 0 Å². The fourth-order valence-electron chi connectivity index (χ4n) is 2.08. The van der Waals surface area contributed by atoms with Crippen LogP contribution in [-0.2, 0) is 14.3 Å². The summed E-state index contributed by atoms with van der Waals surface area (Å²) in [5, 5.41) is 4.57. The summed E-state index contributed by atoms with van der Waals surface area (Å²) >= 11 is 17.8. The van der Waals surface area contributed by atoms with Crippen molar-refractivity contribution in [3.05, 3.63) is 57.0 Å². The third-order valence-corrected chi connectivity index (χ3v) is 4.33. The molecule has 0 aromatic heterocycles. The zero-order valence-corrected chi connectivity index (χ0v) is 18.4. The van der Waals surface area contributed by atoms with Gasteiger partial charge in [-0.25, -0.2) is 10.2 Å². The number of hydrazone groups is 1. The van der Waals surface area contributed by atoms with Gasteiger partial charge >= 0.3 is 5.97 Å². The van der Waals surface area contributed by atoms with Crippen LogP contribution < -0.4 is 14.9 Å². The van der Waals surface area contributed by atoms with Crippen molar-refractivity contribution in [2.24, 2.45) is 5.10 Å². The SMILES string of the molecule is CC(C)OC(=O)COc1ccc(/C=N/NC(=O)COc2cc(Cl)cc(Cl)c2Cl)cc1. The van der Waals surface area contributed by atoms with Crippen LogP contribution in [0.4, 0.5) is 0 Å². The molecule has 0 spiro atoms. The maximum absolute atomic E-state index is 11.8. The Hall–Kier alpha value is -2.48. The standard InChI is InChI=1S/C20H19Cl3N2O5/c1-12(2)30-19(27)11-28-15-5-3-13(4-6-15)9-24-25-18(26)10-29-17-8-14(21)7-16(22)20(17)23/h3-9,12H,10-11H2,1-2H3,(H,25,26)/b24-9+. The molecule has 0 bridgehead atoms. The van der Waals surface area contributed by atoms with Gasteiger partial charge in [-0.2, -0.15) is 5.10 Å². The van der Waals surface area contributed by atoms with E-state index >= 15 is 0 Å². The average molecular weight is 474 g/mol. The van der Waals surface area contributed by atoms with Crippen molar-refractivity contribution in [2.45, 2.75) is 20.0 Å². The molecule has 0 radical (unpaired) electrons. The Bertz CT molecular complexity index is 917. The second kappa shape index (κ2) is 11.6. The number of benzene rings is 2. The zero-order valence-electron chi connectivity index (χ0n) is 16.2. The highest BCUT2D eigenvalue weighted by atomic mass is 35.5. The van der Waals surface area contributed by atoms with Crippen molar-refractivity contribution in [1.29, 1.82) is 0 Å². The van der Waals surface area contributed by atoms with E-state index in [1.54, 1.807) is 38.1 Å². The van der Waals surface area contributed by atoms with E-state index in [2.05, 4.69) is 10.5 Å². The zero-order chi connectivity index (χ0) is 22.1. The minimum absolute atomic E-state index is 0.164. The number of ether oxygens (including phenoxy) is 3. The summed E-state index contributed by atoms with van der Waals surface area (Å²) in [6.45, 7) is 3.02. The largest absolute Gasteiger partial charge is 0.482 e. The topological polar surface area (TPSA) is 86.2 Å². The Labute approximate surface area is 188 Å². The van der Waals surface area contributed by atoms with E-state index in [1.807, 2.05) is 0 Å². The highest BCUT2D eigenvalue weighted by molar-refractivity contribution is 6.44. The predicted octanol–water partition coefficient (Wildman–Crippen LogP) is 4.51. The van der Waals surface area contributed by atoms with Gasteiger partial charge in [-0.1, -0.05) is 34.8 Å². The van der Waals surface area contributed by atoms with E-state index in [9.17, 15) is 9.59 Å². The van der Waals surface area contributed by atoms with E-state index in [-0.39, 0.29) is 35.1 Å². The quantitative estimate of drug-likeness (QED) is 0.251. The van der Waals surface area contributed by atoms with Crippen molar-refractivity contribution >= 4 is 52.9 Å². The molecule has 0 aliphatic heterocycles. The minimum Gasteiger partial charge on any atom is -0.482 e. The van der Waals surface area contributed by atoms with Gasteiger partial charge in [0.05, 0.1) is 17.3 Å². The van der Waals surface area contributed by atoms with Crippen molar-refractivity contribution in [3.8, 4) is 11.5 Å². The Morgan fingerprint density at radius 1 is 1.07 bits per heavy atom. The smallest absolute Gasteiger partial charge is 0.344 e. The molecule has 0 saturated heterocycles. The maximum atomic E-state index is 11.8. The molecule has 2 aromatic rings. The third-order valence-electron chi connectivity index (χ3n) is 3.33. The van der Waals surface area contributed by atoms with Crippen LogP contribution in [-0.4, -0.2) is 37.4 Å². The van der Waals surface area contributed by atoms with Crippen LogP contribution in [0.3, 0.4) is 0 Å². The van der Waals surface area contributed by atoms with Crippen molar-refractivity contribution in [1.82, 2.24) is 5.43 Å². The molecular formula is C20H19Cl3N2O5. The van der Waals surface area contributed by atoms with Crippen LogP contribution in [0.1, 0.15) is 19.4 Å². The van der Waals surface area contributed by atoms with Gasteiger partial charge in [-0.15, -0.1) is 0 Å². The second-order valence-electron chi connectivity index (χ2n) is 6.18. The molecule has 30 heavy (non-hydrogen) atoms. The maximum Gasteiger partial charge on any atom is 0.344 e. The molecule has 1 N–H and O–H groups in total. The van der Waals surface area contributed by atoms with Crippen LogP contribution in [0.2, 0.25) is 15.1 Å². The lowest BCUT2D eigenvalue weighted by Gasteiger charge is -2.09. The summed E-state index contributed by atoms with van der Waals surface area (Å²) < 4.78 is 15.6. The lowest BCUT2D eigenvalue weighted by atomic mass is 10.2. The number of hydrogen-bond donors (Lipinski definition) is 1. The van der Waals surface area contributed by atoms with Gasteiger partial charge in [0.1, 0.15) is 16.5 Å². The molecule has 160 valence electrons. The lowest BCUT2D eigenvalue weighted by molar-refractivity contribution is -0.149. The Morgan fingerprint density at radius 2 is 1.77 bits per heavy atom. The molecule has 2 aromatic carbocycles. The Kier molecular flexibility index (Phi) is 9.23. The van der Waals surface area contributed by atoms with Crippen LogP contribution in [0.5, 0.6) is 11.5 Å². The number of amides is 1. The fourth-order valence-corrected chi connectivity index (χ4v) is 2.72. The average Bonchev–Trinajstić information content (AvgIpc) is 2.68. The monoisotopic (exact) mass is 472 g/mol. The molecule has 0 heterocycles. The Balaban J connectivity index is 1.78. The van der Waals surface area contributed by atoms with Gasteiger partial charge in [-0.05, 0) is 49.7 Å². The molecule has 0 saturated carbocycles. The van der Waals surface area contributed by atoms with Gasteiger partial charge in [0, 0.05) is 11.1 Å². The molecule has 1 amide bonds. The Morgan fingerprint density at radius 3 is 2.43 bits per heavy atom. The second-order valence-corrected chi connectivity index (χ2v) is 7.40. The molecule has 0 unspecified atom stereocenters. The first-order valence-corrected chi connectivity index (χ1v) is 9.89. The first kappa shape index (κ1) is 23.8. The fraction of sp³-hybridized carbons (Fsp3) is 0.250. The van der Waals surface area contributed by atoms with Gasteiger partial charge in [-0.3, -0.25) is 4.79 Å². The van der Waals surface area contributed by atoms with Gasteiger partial charge in [0.2, 0.25) is 0 Å². The van der Waals surface area contributed by atoms with Gasteiger partial charge in [0.15, 0.2) is 13.2 Å². The molecule has 7 nitrogen and oxygen atoms in total. The summed E-state index contributed by atoms with van der Waals surface area (Å²) in [6, 6.07) is 9.68. The van der Waals surface area contributed by atoms with Crippen LogP contribution >= 0.6 is 34.8 Å². The first-order valence-electron chi connectivity index (χ1n) is 8.76. The summed E-state index contributed by atoms with van der Waals surface area (Å²) in [5.74, 6) is -0.243. The highest BCUT2D eigenvalue weighted by Gasteiger charge is 2.10. The molecule has 0 aliphatic carbocycles. The van der Waals surface area contributed by atoms with Gasteiger partial charge < -0.3 is 14.2 Å². The number of carbonyl (C=O) groups excluding carboxylic acids is 2. The van der Waals surface area contributed by atoms with E-state index in [0.29, 0.717) is 16.3 Å². The summed E-state index contributed by atoms with van der Waals surface area (Å²) in [6.07, 6.45) is 1.25. The highest BCUT2D eigenvalue weighted by Crippen LogP contribution is 2.35. The van der Waals surface area contributed by atoms with E-state index < -0.39 is 11.9 Å². The number of esters is 1. The number of carbonyl (C=O) groups is 2. The number of nitrogens with one attached hydrogen (secondary N) is 1. The molecule has 0 aliphatic rings. The number of rotatable bonds is 9. The van der Waals surface area contributed by atoms with Gasteiger partial charge in [0.25, 0.3) is 5.91 Å². The van der Waals surface area contributed by atoms with Crippen molar-refractivity contribution < 1.29 is 23.8 Å². The molecule has 0 fully saturated rings. The van der Waals surface area contributed by atoms with Crippen molar-refractivity contribution in [3.63, 3.8) is 0 Å². The lowest BCUT2D eigenvalue weighted by Crippen LogP contribution is -2.24. The summed E-state index contributed by atoms with van der Waals surface area (Å²) in [5.41, 5.74) is 3.03. The minimum atomic E-state index is -0.498. The molecular weight excluding hydrogens is 455 g/mol. The van der Waals surface area contributed by atoms with E-state index in [1.165, 1.54) is 18.3 Å². The predicted molar refractivity (Wildman–Crippen MR) is 116 cm³/mol.